The molecule has 0 aromatic heterocycles. The van der Waals surface area contributed by atoms with E-state index in [2.05, 4.69) is 0 Å². The van der Waals surface area contributed by atoms with E-state index in [4.69, 9.17) is 5.73 Å². The second kappa shape index (κ2) is 3.97. The Kier molecular flexibility index (Phi) is 3.18. The highest BCUT2D eigenvalue weighted by Crippen LogP contribution is 2.36. The molecule has 16 heavy (non-hydrogen) atoms. The third-order valence-corrected chi connectivity index (χ3v) is 1.85. The highest BCUT2D eigenvalue weighted by atomic mass is 19.4. The van der Waals surface area contributed by atoms with Crippen molar-refractivity contribution in [3.63, 3.8) is 0 Å². The van der Waals surface area contributed by atoms with Gasteiger partial charge in [0.2, 0.25) is 0 Å². The fourth-order valence-corrected chi connectivity index (χ4v) is 1.12. The largest absolute Gasteiger partial charge is 0.674 e. The van der Waals surface area contributed by atoms with Crippen LogP contribution in [0.25, 0.3) is 5.73 Å². The summed E-state index contributed by atoms with van der Waals surface area (Å²) in [6, 6.07) is 1.13. The Bertz CT molecular complexity index is 346. The van der Waals surface area contributed by atoms with Crippen molar-refractivity contribution < 1.29 is 26.3 Å². The van der Waals surface area contributed by atoms with Gasteiger partial charge >= 0.3 is 12.4 Å². The molecule has 0 saturated heterocycles. The van der Waals surface area contributed by atoms with Gasteiger partial charge in [-0.25, -0.2) is 0 Å². The van der Waals surface area contributed by atoms with Gasteiger partial charge < -0.3 is 5.73 Å². The predicted molar refractivity (Wildman–Crippen MR) is 44.5 cm³/mol. The Morgan fingerprint density at radius 3 is 1.44 bits per heavy atom. The van der Waals surface area contributed by atoms with Crippen LogP contribution < -0.4 is 0 Å². The second-order valence-electron chi connectivity index (χ2n) is 3.09. The molecule has 1 N–H and O–H groups in total. The van der Waals surface area contributed by atoms with E-state index in [1.807, 2.05) is 0 Å². The first-order valence-corrected chi connectivity index (χ1v) is 4.07. The van der Waals surface area contributed by atoms with Gasteiger partial charge in [0.1, 0.15) is 0 Å². The molecule has 0 spiro atoms. The number of benzene rings is 1. The maximum atomic E-state index is 12.2. The van der Waals surface area contributed by atoms with Gasteiger partial charge in [-0.05, 0) is 18.2 Å². The van der Waals surface area contributed by atoms with Crippen LogP contribution in [0.15, 0.2) is 18.2 Å². The van der Waals surface area contributed by atoms with E-state index < -0.39 is 30.0 Å². The molecular weight excluding hydrogens is 236 g/mol. The van der Waals surface area contributed by atoms with Crippen LogP contribution in [0.1, 0.15) is 16.7 Å². The molecule has 0 atom stereocenters. The lowest BCUT2D eigenvalue weighted by molar-refractivity contribution is -0.143. The van der Waals surface area contributed by atoms with Crippen molar-refractivity contribution in [2.75, 3.05) is 0 Å². The number of halogens is 6. The summed E-state index contributed by atoms with van der Waals surface area (Å²) >= 11 is 0. The van der Waals surface area contributed by atoms with Crippen LogP contribution in [0, 0.1) is 0 Å². The lowest BCUT2D eigenvalue weighted by atomic mass is 10.0. The lowest BCUT2D eigenvalue weighted by Crippen LogP contribution is -2.11. The first-order chi connectivity index (χ1) is 7.14. The van der Waals surface area contributed by atoms with Crippen LogP contribution in [0.4, 0.5) is 26.3 Å². The van der Waals surface area contributed by atoms with Crippen LogP contribution in [-0.4, -0.2) is 0 Å². The zero-order valence-electron chi connectivity index (χ0n) is 7.71. The summed E-state index contributed by atoms with van der Waals surface area (Å²) in [5.41, 5.74) is 3.72. The van der Waals surface area contributed by atoms with E-state index in [1.54, 1.807) is 0 Å². The fourth-order valence-electron chi connectivity index (χ4n) is 1.12. The van der Waals surface area contributed by atoms with E-state index in [9.17, 15) is 26.3 Å². The smallest absolute Gasteiger partial charge is 0.416 e. The molecule has 0 heterocycles. The van der Waals surface area contributed by atoms with Crippen molar-refractivity contribution in [3.8, 4) is 0 Å². The van der Waals surface area contributed by atoms with Crippen LogP contribution in [0.5, 0.6) is 0 Å². The molecule has 0 aliphatic heterocycles. The molecule has 0 unspecified atom stereocenters. The van der Waals surface area contributed by atoms with Crippen LogP contribution >= 0.6 is 0 Å². The summed E-state index contributed by atoms with van der Waals surface area (Å²) in [6.07, 6.45) is -9.68. The van der Waals surface area contributed by atoms with Gasteiger partial charge in [-0.3, -0.25) is 0 Å². The van der Waals surface area contributed by atoms with Crippen molar-refractivity contribution in [3.05, 3.63) is 40.6 Å². The number of hydrogen-bond acceptors (Lipinski definition) is 0. The molecule has 0 bridgehead atoms. The number of alkyl halides is 6. The average Bonchev–Trinajstić information content (AvgIpc) is 2.14. The highest BCUT2D eigenvalue weighted by Gasteiger charge is 2.36. The minimum absolute atomic E-state index is 0.0408. The van der Waals surface area contributed by atoms with Gasteiger partial charge in [-0.1, -0.05) is 5.56 Å². The van der Waals surface area contributed by atoms with Gasteiger partial charge in [0.15, 0.2) is 0 Å². The molecule has 90 valence electrons. The monoisotopic (exact) mass is 242 g/mol. The van der Waals surface area contributed by atoms with Crippen molar-refractivity contribution in [2.24, 2.45) is 0 Å². The summed E-state index contributed by atoms with van der Waals surface area (Å²) in [4.78, 5) is 0. The lowest BCUT2D eigenvalue weighted by Gasteiger charge is -2.14. The molecule has 7 heteroatoms. The Morgan fingerprint density at radius 2 is 1.19 bits per heavy atom. The van der Waals surface area contributed by atoms with Crippen molar-refractivity contribution >= 4 is 0 Å². The Labute approximate surface area is 86.9 Å². The Balaban J connectivity index is 3.33. The van der Waals surface area contributed by atoms with Gasteiger partial charge in [0, 0.05) is 0 Å². The quantitative estimate of drug-likeness (QED) is 0.656. The van der Waals surface area contributed by atoms with Crippen molar-refractivity contribution in [1.82, 2.24) is 0 Å². The van der Waals surface area contributed by atoms with E-state index in [1.165, 1.54) is 0 Å². The Hall–Kier alpha value is -1.24. The van der Waals surface area contributed by atoms with Crippen molar-refractivity contribution in [1.29, 1.82) is 0 Å². The average molecular weight is 242 g/mol. The van der Waals surface area contributed by atoms with Gasteiger partial charge in [-0.15, -0.1) is 6.54 Å². The van der Waals surface area contributed by atoms with Crippen molar-refractivity contribution in [2.45, 2.75) is 18.9 Å². The van der Waals surface area contributed by atoms with Gasteiger partial charge in [0.25, 0.3) is 0 Å². The first kappa shape index (κ1) is 12.8. The number of rotatable bonds is 1. The minimum Gasteiger partial charge on any atom is -0.674 e. The van der Waals surface area contributed by atoms with Gasteiger partial charge in [-0.2, -0.15) is 26.3 Å². The fraction of sp³-hybridized carbons (Fsp3) is 0.333. The maximum Gasteiger partial charge on any atom is 0.416 e. The molecule has 1 nitrogen and oxygen atoms in total. The summed E-state index contributed by atoms with van der Waals surface area (Å²) in [5.74, 6) is 0. The number of hydrogen-bond donors (Lipinski definition) is 0. The normalized spacial score (nSPS) is 12.9. The molecular formula is C9H6F6N-. The zero-order valence-corrected chi connectivity index (χ0v) is 7.71. The molecule has 0 aliphatic carbocycles. The molecule has 0 saturated carbocycles. The molecule has 0 fully saturated rings. The summed E-state index contributed by atoms with van der Waals surface area (Å²) in [6.45, 7) is -0.632. The molecule has 1 aromatic carbocycles. The third-order valence-electron chi connectivity index (χ3n) is 1.85. The first-order valence-electron chi connectivity index (χ1n) is 4.07. The molecule has 1 rings (SSSR count). The minimum atomic E-state index is -4.84. The Morgan fingerprint density at radius 1 is 0.812 bits per heavy atom. The maximum absolute atomic E-state index is 12.2. The predicted octanol–water partition coefficient (Wildman–Crippen LogP) is 4.28. The molecule has 0 aliphatic rings. The van der Waals surface area contributed by atoms with E-state index in [-0.39, 0.29) is 11.6 Å². The summed E-state index contributed by atoms with van der Waals surface area (Å²) < 4.78 is 73.5. The molecule has 1 aromatic rings. The zero-order chi connectivity index (χ0) is 12.6. The van der Waals surface area contributed by atoms with Crippen LogP contribution in [0.3, 0.4) is 0 Å². The molecule has 0 amide bonds. The summed E-state index contributed by atoms with van der Waals surface area (Å²) in [7, 11) is 0. The van der Waals surface area contributed by atoms with E-state index >= 15 is 0 Å². The summed E-state index contributed by atoms with van der Waals surface area (Å²) in [5, 5.41) is 0. The number of nitrogens with one attached hydrogen (secondary N) is 1. The highest BCUT2D eigenvalue weighted by molar-refractivity contribution is 5.33. The second-order valence-corrected chi connectivity index (χ2v) is 3.09. The third kappa shape index (κ3) is 2.88. The molecule has 0 radical (unpaired) electrons. The standard InChI is InChI=1S/C9H6F6N/c10-8(11,12)6-1-5(4-16)2-7(3-6)9(13,14)15/h1-3,16H,4H2/q-1. The topological polar surface area (TPSA) is 23.8 Å². The van der Waals surface area contributed by atoms with E-state index in [0.29, 0.717) is 12.1 Å². The van der Waals surface area contributed by atoms with E-state index in [0.717, 1.165) is 0 Å². The van der Waals surface area contributed by atoms with Gasteiger partial charge in [0.05, 0.1) is 11.1 Å². The SMILES string of the molecule is [NH-]Cc1cc(C(F)(F)F)cc(C(F)(F)F)c1. The van der Waals surface area contributed by atoms with Crippen LogP contribution in [-0.2, 0) is 18.9 Å². The van der Waals surface area contributed by atoms with Crippen LogP contribution in [0.2, 0.25) is 0 Å².